The van der Waals surface area contributed by atoms with Gasteiger partial charge in [0, 0.05) is 24.5 Å². The lowest BCUT2D eigenvalue weighted by Gasteiger charge is -2.33. The number of halogens is 9. The first-order valence-electron chi connectivity index (χ1n) is 14.3. The molecule has 0 aliphatic carbocycles. The number of esters is 1. The van der Waals surface area contributed by atoms with Gasteiger partial charge in [0.25, 0.3) is 5.95 Å². The minimum atomic E-state index is -5.10. The number of tetrazole rings is 1. The molecule has 0 radical (unpaired) electrons. The minimum absolute atomic E-state index is 0.0146. The third-order valence-corrected chi connectivity index (χ3v) is 7.92. The molecule has 1 aromatic heterocycles. The summed E-state index contributed by atoms with van der Waals surface area (Å²) in [4.78, 5) is 16.0. The van der Waals surface area contributed by atoms with Gasteiger partial charge in [0.15, 0.2) is 0 Å². The van der Waals surface area contributed by atoms with Crippen LogP contribution in [0.15, 0.2) is 54.6 Å². The molecular formula is C31H27F9N6O2. The van der Waals surface area contributed by atoms with Crippen molar-refractivity contribution in [3.63, 3.8) is 0 Å². The van der Waals surface area contributed by atoms with Crippen LogP contribution in [0.2, 0.25) is 0 Å². The summed E-state index contributed by atoms with van der Waals surface area (Å²) in [5.74, 6) is -0.781. The van der Waals surface area contributed by atoms with Crippen LogP contribution in [0.4, 0.5) is 56.8 Å². The number of aromatic nitrogens is 4. The minimum Gasteiger partial charge on any atom is -0.465 e. The number of aryl methyl sites for hydroxylation is 2. The van der Waals surface area contributed by atoms with E-state index < -0.39 is 53.8 Å². The van der Waals surface area contributed by atoms with Crippen LogP contribution in [-0.4, -0.2) is 39.8 Å². The van der Waals surface area contributed by atoms with Gasteiger partial charge in [-0.3, -0.25) is 0 Å². The summed E-state index contributed by atoms with van der Waals surface area (Å²) >= 11 is 0. The van der Waals surface area contributed by atoms with Crippen LogP contribution in [0.3, 0.4) is 0 Å². The van der Waals surface area contributed by atoms with E-state index in [0.29, 0.717) is 29.8 Å². The summed E-state index contributed by atoms with van der Waals surface area (Å²) in [6.45, 7) is 0.857. The molecule has 1 aliphatic rings. The molecule has 0 N–H and O–H groups in total. The van der Waals surface area contributed by atoms with Gasteiger partial charge < -0.3 is 14.5 Å². The van der Waals surface area contributed by atoms with Gasteiger partial charge in [0.05, 0.1) is 42.5 Å². The number of hydrogen-bond donors (Lipinski definition) is 0. The van der Waals surface area contributed by atoms with Crippen LogP contribution < -0.4 is 9.80 Å². The van der Waals surface area contributed by atoms with Crippen LogP contribution in [-0.2, 0) is 36.9 Å². The second-order valence-corrected chi connectivity index (χ2v) is 11.2. The van der Waals surface area contributed by atoms with Gasteiger partial charge in [-0.2, -0.15) is 44.3 Å². The molecule has 48 heavy (non-hydrogen) atoms. The molecule has 256 valence electrons. The Morgan fingerprint density at radius 3 is 2.06 bits per heavy atom. The normalized spacial score (nSPS) is 15.6. The van der Waals surface area contributed by atoms with Crippen LogP contribution in [0.1, 0.15) is 62.6 Å². The highest BCUT2D eigenvalue weighted by Crippen LogP contribution is 2.46. The van der Waals surface area contributed by atoms with Crippen molar-refractivity contribution < 1.29 is 49.0 Å². The van der Waals surface area contributed by atoms with Crippen molar-refractivity contribution >= 4 is 23.3 Å². The Morgan fingerprint density at radius 2 is 1.54 bits per heavy atom. The number of anilines is 3. The third kappa shape index (κ3) is 7.18. The zero-order valence-corrected chi connectivity index (χ0v) is 25.5. The van der Waals surface area contributed by atoms with E-state index in [1.165, 1.54) is 56.3 Å². The first-order chi connectivity index (χ1) is 22.4. The second kappa shape index (κ2) is 12.6. The summed E-state index contributed by atoms with van der Waals surface area (Å²) in [6, 6.07) is 8.50. The Labute approximate surface area is 267 Å². The van der Waals surface area contributed by atoms with E-state index in [4.69, 9.17) is 4.74 Å². The molecular weight excluding hydrogens is 659 g/mol. The number of rotatable bonds is 6. The number of fused-ring (bicyclic) bond motifs is 1. The standard InChI is InChI=1S/C31H27F9N6O2/c1-17-11-23-25(5-4-10-45(26(23)15-24(17)31(38,39)40)22-8-6-19(7-9-22)27(47)48-3)46(28-41-43-44(2)42-28)16-18-12-20(29(32,33)34)14-21(13-18)30(35,36)37/h6-9,11-15,25H,4-5,10,16H2,1-3H3/t25-/m0/s1. The third-order valence-electron chi connectivity index (χ3n) is 7.92. The molecule has 0 fully saturated rings. The Bertz CT molecular complexity index is 1770. The fourth-order valence-corrected chi connectivity index (χ4v) is 5.75. The lowest BCUT2D eigenvalue weighted by atomic mass is 9.94. The van der Waals surface area contributed by atoms with E-state index >= 15 is 0 Å². The Morgan fingerprint density at radius 1 is 0.917 bits per heavy atom. The lowest BCUT2D eigenvalue weighted by Crippen LogP contribution is -2.30. The fourth-order valence-electron chi connectivity index (χ4n) is 5.75. The molecule has 0 bridgehead atoms. The molecule has 4 aromatic rings. The molecule has 1 aliphatic heterocycles. The van der Waals surface area contributed by atoms with Crippen LogP contribution >= 0.6 is 0 Å². The SMILES string of the molecule is COC(=O)c1ccc(N2CCC[C@H](N(Cc3cc(C(F)(F)F)cc(C(F)(F)F)c3)c3nnn(C)n3)c3cc(C)c(C(F)(F)F)cc32)cc1. The van der Waals surface area contributed by atoms with E-state index in [2.05, 4.69) is 15.4 Å². The Kier molecular flexibility index (Phi) is 9.09. The average molecular weight is 687 g/mol. The van der Waals surface area contributed by atoms with Crippen LogP contribution in [0, 0.1) is 6.92 Å². The number of methoxy groups -OCH3 is 1. The number of ether oxygens (including phenoxy) is 1. The lowest BCUT2D eigenvalue weighted by molar-refractivity contribution is -0.143. The number of alkyl halides is 9. The van der Waals surface area contributed by atoms with Crippen molar-refractivity contribution in [2.75, 3.05) is 23.5 Å². The van der Waals surface area contributed by atoms with Crippen molar-refractivity contribution in [3.05, 3.63) is 93.5 Å². The van der Waals surface area contributed by atoms with Gasteiger partial charge in [0.2, 0.25) is 0 Å². The number of carbonyl (C=O) groups excluding carboxylic acids is 1. The van der Waals surface area contributed by atoms with E-state index in [-0.39, 0.29) is 47.4 Å². The van der Waals surface area contributed by atoms with Crippen LogP contribution in [0.25, 0.3) is 0 Å². The first kappa shape index (κ1) is 34.5. The van der Waals surface area contributed by atoms with Gasteiger partial charge >= 0.3 is 24.5 Å². The molecule has 0 unspecified atom stereocenters. The molecule has 2 heterocycles. The van der Waals surface area contributed by atoms with Crippen molar-refractivity contribution in [2.45, 2.75) is 50.9 Å². The Hall–Kier alpha value is -4.83. The predicted molar refractivity (Wildman–Crippen MR) is 154 cm³/mol. The predicted octanol–water partition coefficient (Wildman–Crippen LogP) is 8.04. The number of benzene rings is 3. The highest BCUT2D eigenvalue weighted by molar-refractivity contribution is 5.90. The highest BCUT2D eigenvalue weighted by atomic mass is 19.4. The summed E-state index contributed by atoms with van der Waals surface area (Å²) < 4.78 is 130. The van der Waals surface area contributed by atoms with Crippen molar-refractivity contribution in [1.29, 1.82) is 0 Å². The van der Waals surface area contributed by atoms with Crippen molar-refractivity contribution in [2.24, 2.45) is 7.05 Å². The van der Waals surface area contributed by atoms with Crippen molar-refractivity contribution in [1.82, 2.24) is 20.2 Å². The maximum absolute atomic E-state index is 14.2. The summed E-state index contributed by atoms with van der Waals surface area (Å²) in [7, 11) is 2.60. The molecule has 1 atom stereocenters. The van der Waals surface area contributed by atoms with Gasteiger partial charge in [-0.05, 0) is 90.2 Å². The van der Waals surface area contributed by atoms with E-state index in [9.17, 15) is 44.3 Å². The zero-order valence-electron chi connectivity index (χ0n) is 25.5. The summed E-state index contributed by atoms with van der Waals surface area (Å²) in [5.41, 5.74) is -3.49. The fraction of sp³-hybridized carbons (Fsp3) is 0.355. The molecule has 17 heteroatoms. The molecule has 0 saturated heterocycles. The average Bonchev–Trinajstić information content (AvgIpc) is 3.35. The Balaban J connectivity index is 1.69. The maximum Gasteiger partial charge on any atom is 0.416 e. The van der Waals surface area contributed by atoms with E-state index in [1.807, 2.05) is 0 Å². The van der Waals surface area contributed by atoms with Gasteiger partial charge in [-0.1, -0.05) is 11.2 Å². The molecule has 3 aromatic carbocycles. The largest absolute Gasteiger partial charge is 0.465 e. The van der Waals surface area contributed by atoms with Crippen LogP contribution in [0.5, 0.6) is 0 Å². The molecule has 0 saturated carbocycles. The summed E-state index contributed by atoms with van der Waals surface area (Å²) in [5, 5.41) is 11.9. The maximum atomic E-state index is 14.2. The molecule has 8 nitrogen and oxygen atoms in total. The van der Waals surface area contributed by atoms with Crippen molar-refractivity contribution in [3.8, 4) is 0 Å². The summed E-state index contributed by atoms with van der Waals surface area (Å²) in [6.07, 6.45) is -14.5. The zero-order chi connectivity index (χ0) is 35.2. The molecule has 0 spiro atoms. The number of carbonyl (C=O) groups is 1. The number of hydrogen-bond acceptors (Lipinski definition) is 7. The first-order valence-corrected chi connectivity index (χ1v) is 14.3. The molecule has 0 amide bonds. The van der Waals surface area contributed by atoms with Gasteiger partial charge in [-0.25, -0.2) is 4.79 Å². The quantitative estimate of drug-likeness (QED) is 0.150. The van der Waals surface area contributed by atoms with Gasteiger partial charge in [0.1, 0.15) is 0 Å². The number of nitrogens with zero attached hydrogens (tertiary/aromatic N) is 6. The monoisotopic (exact) mass is 686 g/mol. The topological polar surface area (TPSA) is 76.4 Å². The smallest absolute Gasteiger partial charge is 0.416 e. The highest BCUT2D eigenvalue weighted by Gasteiger charge is 2.39. The molecule has 5 rings (SSSR count). The van der Waals surface area contributed by atoms with Gasteiger partial charge in [-0.15, -0.1) is 5.10 Å². The van der Waals surface area contributed by atoms with E-state index in [0.717, 1.165) is 10.9 Å². The second-order valence-electron chi connectivity index (χ2n) is 11.2. The van der Waals surface area contributed by atoms with E-state index in [1.54, 1.807) is 4.90 Å².